The molecule has 0 radical (unpaired) electrons. The lowest BCUT2D eigenvalue weighted by molar-refractivity contribution is 0.622. The third-order valence-electron chi connectivity index (χ3n) is 4.52. The number of pyridine rings is 1. The first-order chi connectivity index (χ1) is 15.7. The van der Waals surface area contributed by atoms with E-state index in [0.717, 1.165) is 16.5 Å². The Balaban J connectivity index is 1.34. The molecule has 0 unspecified atom stereocenters. The van der Waals surface area contributed by atoms with Crippen molar-refractivity contribution >= 4 is 16.9 Å². The van der Waals surface area contributed by atoms with Crippen LogP contribution >= 0.6 is 0 Å². The van der Waals surface area contributed by atoms with Gasteiger partial charge in [0, 0.05) is 29.5 Å². The summed E-state index contributed by atoms with van der Waals surface area (Å²) in [6.45, 7) is 0.286. The van der Waals surface area contributed by atoms with Crippen molar-refractivity contribution < 1.29 is 4.39 Å². The summed E-state index contributed by atoms with van der Waals surface area (Å²) >= 11 is 0. The van der Waals surface area contributed by atoms with Crippen LogP contribution in [-0.4, -0.2) is 35.1 Å². The number of rotatable bonds is 4. The summed E-state index contributed by atoms with van der Waals surface area (Å²) in [6.07, 6.45) is 6.41. The SMILES string of the molecule is Fc1ccnc(CNc2nccc(-c3nccc(C#Cc4ccc5[nH]ncc5c4)n3)n2)c1. The van der Waals surface area contributed by atoms with E-state index >= 15 is 0 Å². The highest BCUT2D eigenvalue weighted by atomic mass is 19.1. The van der Waals surface area contributed by atoms with E-state index in [2.05, 4.69) is 52.3 Å². The average molecular weight is 422 g/mol. The molecule has 0 atom stereocenters. The van der Waals surface area contributed by atoms with Gasteiger partial charge in [0.25, 0.3) is 0 Å². The fraction of sp³-hybridized carbons (Fsp3) is 0.0435. The first-order valence-corrected chi connectivity index (χ1v) is 9.69. The number of benzene rings is 1. The molecule has 5 rings (SSSR count). The summed E-state index contributed by atoms with van der Waals surface area (Å²) in [5, 5.41) is 11.0. The molecule has 9 heteroatoms. The van der Waals surface area contributed by atoms with Gasteiger partial charge in [0.15, 0.2) is 5.82 Å². The molecular weight excluding hydrogens is 407 g/mol. The van der Waals surface area contributed by atoms with Gasteiger partial charge < -0.3 is 5.32 Å². The Morgan fingerprint density at radius 1 is 0.906 bits per heavy atom. The summed E-state index contributed by atoms with van der Waals surface area (Å²) in [4.78, 5) is 21.5. The van der Waals surface area contributed by atoms with E-state index in [-0.39, 0.29) is 12.4 Å². The third kappa shape index (κ3) is 4.39. The van der Waals surface area contributed by atoms with E-state index in [9.17, 15) is 4.39 Å². The molecule has 5 aromatic rings. The summed E-state index contributed by atoms with van der Waals surface area (Å²) in [5.41, 5.74) is 3.47. The number of halogens is 1. The predicted molar refractivity (Wildman–Crippen MR) is 117 cm³/mol. The Bertz CT molecular complexity index is 1470. The molecule has 0 saturated heterocycles. The number of fused-ring (bicyclic) bond motifs is 1. The Morgan fingerprint density at radius 3 is 2.75 bits per heavy atom. The lowest BCUT2D eigenvalue weighted by Gasteiger charge is -2.06. The van der Waals surface area contributed by atoms with Crippen LogP contribution in [0.5, 0.6) is 0 Å². The van der Waals surface area contributed by atoms with Crippen LogP contribution in [0.4, 0.5) is 10.3 Å². The van der Waals surface area contributed by atoms with E-state index in [1.54, 1.807) is 30.7 Å². The smallest absolute Gasteiger partial charge is 0.223 e. The van der Waals surface area contributed by atoms with Gasteiger partial charge in [0.1, 0.15) is 17.2 Å². The number of nitrogens with zero attached hydrogens (tertiary/aromatic N) is 6. The van der Waals surface area contributed by atoms with Crippen LogP contribution in [0.15, 0.2) is 67.3 Å². The molecule has 0 fully saturated rings. The van der Waals surface area contributed by atoms with Gasteiger partial charge in [-0.05, 0) is 48.4 Å². The molecule has 0 aliphatic heterocycles. The average Bonchev–Trinajstić information content (AvgIpc) is 3.30. The fourth-order valence-corrected chi connectivity index (χ4v) is 2.99. The molecule has 1 aromatic carbocycles. The van der Waals surface area contributed by atoms with E-state index < -0.39 is 0 Å². The Hall–Kier alpha value is -4.71. The highest BCUT2D eigenvalue weighted by molar-refractivity contribution is 5.79. The van der Waals surface area contributed by atoms with E-state index in [0.29, 0.717) is 28.9 Å². The number of nitrogens with one attached hydrogen (secondary N) is 2. The number of aromatic nitrogens is 7. The Labute approximate surface area is 182 Å². The second kappa shape index (κ2) is 8.57. The molecule has 2 N–H and O–H groups in total. The molecule has 8 nitrogen and oxygen atoms in total. The van der Waals surface area contributed by atoms with Crippen LogP contribution in [-0.2, 0) is 6.54 Å². The van der Waals surface area contributed by atoms with Crippen LogP contribution in [0.3, 0.4) is 0 Å². The van der Waals surface area contributed by atoms with E-state index in [1.165, 1.54) is 18.3 Å². The standard InChI is InChI=1S/C23H15FN8/c24-17-5-8-25-19(12-17)14-28-23-27-10-7-21(31-23)22-26-9-6-18(30-22)3-1-15-2-4-20-16(11-15)13-29-32-20/h2,4-13H,14H2,(H,29,32)(H,27,28,31). The molecule has 32 heavy (non-hydrogen) atoms. The van der Waals surface area contributed by atoms with Crippen molar-refractivity contribution in [3.63, 3.8) is 0 Å². The van der Waals surface area contributed by atoms with Crippen molar-refractivity contribution in [2.75, 3.05) is 5.32 Å². The maximum absolute atomic E-state index is 13.3. The number of anilines is 1. The number of aromatic amines is 1. The van der Waals surface area contributed by atoms with Crippen molar-refractivity contribution in [3.8, 4) is 23.4 Å². The normalized spacial score (nSPS) is 10.5. The van der Waals surface area contributed by atoms with Crippen LogP contribution in [0.2, 0.25) is 0 Å². The van der Waals surface area contributed by atoms with Gasteiger partial charge in [-0.3, -0.25) is 10.1 Å². The zero-order valence-electron chi connectivity index (χ0n) is 16.6. The van der Waals surface area contributed by atoms with Crippen LogP contribution in [0.1, 0.15) is 17.0 Å². The molecule has 0 aliphatic rings. The second-order valence-electron chi connectivity index (χ2n) is 6.77. The van der Waals surface area contributed by atoms with Crippen molar-refractivity contribution in [1.29, 1.82) is 0 Å². The van der Waals surface area contributed by atoms with Crippen LogP contribution < -0.4 is 5.32 Å². The van der Waals surface area contributed by atoms with Gasteiger partial charge in [0.2, 0.25) is 5.95 Å². The Kier molecular flexibility index (Phi) is 5.16. The lowest BCUT2D eigenvalue weighted by atomic mass is 10.1. The van der Waals surface area contributed by atoms with Crippen molar-refractivity contribution in [2.45, 2.75) is 6.54 Å². The first kappa shape index (κ1) is 19.3. The number of H-pyrrole nitrogens is 1. The molecule has 154 valence electrons. The van der Waals surface area contributed by atoms with Crippen LogP contribution in [0, 0.1) is 17.7 Å². The lowest BCUT2D eigenvalue weighted by Crippen LogP contribution is -2.06. The molecule has 0 amide bonds. The summed E-state index contributed by atoms with van der Waals surface area (Å²) < 4.78 is 13.3. The minimum atomic E-state index is -0.345. The van der Waals surface area contributed by atoms with Crippen LogP contribution in [0.25, 0.3) is 22.4 Å². The second-order valence-corrected chi connectivity index (χ2v) is 6.77. The molecule has 0 bridgehead atoms. The third-order valence-corrected chi connectivity index (χ3v) is 4.52. The van der Waals surface area contributed by atoms with Gasteiger partial charge in [-0.2, -0.15) is 5.10 Å². The predicted octanol–water partition coefficient (Wildman–Crippen LogP) is 3.36. The highest BCUT2D eigenvalue weighted by Crippen LogP contribution is 2.14. The summed E-state index contributed by atoms with van der Waals surface area (Å²) in [5.74, 6) is 6.62. The number of hydrogen-bond donors (Lipinski definition) is 2. The van der Waals surface area contributed by atoms with Gasteiger partial charge in [-0.25, -0.2) is 24.3 Å². The maximum Gasteiger partial charge on any atom is 0.223 e. The minimum Gasteiger partial charge on any atom is -0.349 e. The van der Waals surface area contributed by atoms with Gasteiger partial charge in [-0.15, -0.1) is 0 Å². The molecular formula is C23H15FN8. The van der Waals surface area contributed by atoms with Crippen molar-refractivity contribution in [1.82, 2.24) is 35.1 Å². The molecule has 0 aliphatic carbocycles. The number of hydrogen-bond acceptors (Lipinski definition) is 7. The maximum atomic E-state index is 13.3. The van der Waals surface area contributed by atoms with Gasteiger partial charge in [-0.1, -0.05) is 5.92 Å². The summed E-state index contributed by atoms with van der Waals surface area (Å²) in [6, 6.07) is 11.9. The van der Waals surface area contributed by atoms with Gasteiger partial charge >= 0.3 is 0 Å². The summed E-state index contributed by atoms with van der Waals surface area (Å²) in [7, 11) is 0. The minimum absolute atomic E-state index is 0.286. The van der Waals surface area contributed by atoms with Crippen molar-refractivity contribution in [3.05, 3.63) is 90.0 Å². The molecule has 4 heterocycles. The zero-order valence-corrected chi connectivity index (χ0v) is 16.6. The largest absolute Gasteiger partial charge is 0.349 e. The first-order valence-electron chi connectivity index (χ1n) is 9.69. The van der Waals surface area contributed by atoms with E-state index in [1.807, 2.05) is 18.2 Å². The quantitative estimate of drug-likeness (QED) is 0.428. The Morgan fingerprint density at radius 2 is 1.81 bits per heavy atom. The molecule has 0 saturated carbocycles. The topological polar surface area (TPSA) is 105 Å². The zero-order chi connectivity index (χ0) is 21.8. The van der Waals surface area contributed by atoms with Crippen molar-refractivity contribution in [2.24, 2.45) is 0 Å². The fourth-order valence-electron chi connectivity index (χ4n) is 2.99. The molecule has 0 spiro atoms. The highest BCUT2D eigenvalue weighted by Gasteiger charge is 2.06. The van der Waals surface area contributed by atoms with Gasteiger partial charge in [0.05, 0.1) is 24.0 Å². The molecule has 4 aromatic heterocycles. The monoisotopic (exact) mass is 422 g/mol. The van der Waals surface area contributed by atoms with E-state index in [4.69, 9.17) is 0 Å².